The number of piperidine rings is 1. The number of guanidine groups is 1. The number of hydrogen-bond acceptors (Lipinski definition) is 5. The number of nitrogens with one attached hydrogen (secondary N) is 3. The molecule has 3 amide bonds. The average molecular weight is 544 g/mol. The monoisotopic (exact) mass is 544 g/mol. The van der Waals surface area contributed by atoms with Gasteiger partial charge in [-0.05, 0) is 43.6 Å². The van der Waals surface area contributed by atoms with Gasteiger partial charge in [-0.2, -0.15) is 0 Å². The minimum Gasteiger partial charge on any atom is -0.497 e. The van der Waals surface area contributed by atoms with Gasteiger partial charge in [0.15, 0.2) is 5.96 Å². The molecule has 9 nitrogen and oxygen atoms in total. The Morgan fingerprint density at radius 3 is 2.45 bits per heavy atom. The van der Waals surface area contributed by atoms with Crippen LogP contribution in [0.5, 0.6) is 5.75 Å². The van der Waals surface area contributed by atoms with E-state index >= 15 is 0 Å². The molecule has 0 saturated carbocycles. The van der Waals surface area contributed by atoms with Crippen LogP contribution in [0.25, 0.3) is 0 Å². The third-order valence-electron chi connectivity index (χ3n) is 5.58. The number of hydrogen-bond donors (Lipinski definition) is 3. The summed E-state index contributed by atoms with van der Waals surface area (Å²) in [5, 5.41) is 9.12. The van der Waals surface area contributed by atoms with Gasteiger partial charge in [0, 0.05) is 26.7 Å². The van der Waals surface area contributed by atoms with Crippen LogP contribution in [0.15, 0.2) is 29.3 Å². The fourth-order valence-electron chi connectivity index (χ4n) is 3.90. The van der Waals surface area contributed by atoms with E-state index < -0.39 is 0 Å². The van der Waals surface area contributed by atoms with Gasteiger partial charge in [0.1, 0.15) is 5.75 Å². The van der Waals surface area contributed by atoms with Crippen LogP contribution in [0.4, 0.5) is 4.79 Å². The number of carbonyl (C=O) groups excluding carboxylic acids is 2. The topological polar surface area (TPSA) is 98.3 Å². The number of likely N-dealkylation sites (tertiary alicyclic amines) is 1. The number of methoxy groups -OCH3 is 1. The molecular weight excluding hydrogens is 511 g/mol. The Labute approximate surface area is 201 Å². The summed E-state index contributed by atoms with van der Waals surface area (Å²) < 4.78 is 5.30. The molecule has 1 atom stereocenters. The smallest absolute Gasteiger partial charge is 0.324 e. The first-order valence-electron chi connectivity index (χ1n) is 10.5. The molecule has 3 N–H and O–H groups in total. The first-order valence-corrected chi connectivity index (χ1v) is 10.5. The summed E-state index contributed by atoms with van der Waals surface area (Å²) in [6.45, 7) is 3.68. The van der Waals surface area contributed by atoms with Crippen molar-refractivity contribution in [2.24, 2.45) is 4.99 Å². The van der Waals surface area contributed by atoms with Crippen molar-refractivity contribution < 1.29 is 14.3 Å². The van der Waals surface area contributed by atoms with Gasteiger partial charge in [0.05, 0.1) is 19.7 Å². The molecule has 3 rings (SSSR count). The number of urea groups is 1. The van der Waals surface area contributed by atoms with Crippen molar-refractivity contribution in [1.29, 1.82) is 0 Å². The zero-order valence-corrected chi connectivity index (χ0v) is 20.6. The van der Waals surface area contributed by atoms with Crippen LogP contribution in [0, 0.1) is 0 Å². The number of aliphatic imine (C=N–C) groups is 1. The Bertz CT molecular complexity index is 736. The summed E-state index contributed by atoms with van der Waals surface area (Å²) in [4.78, 5) is 31.3. The standard InChI is InChI=1S/C21H32N6O3.HI/c1-22-20(23-10-13-27-19(28)15-25-21(27)29)24-14-18(26-11-4-3-5-12-26)16-6-8-17(30-2)9-7-16;/h6-9,18H,3-5,10-15H2,1-2H3,(H,25,29)(H2,22,23,24);1H. The number of ether oxygens (including phenoxy) is 1. The average Bonchev–Trinajstić information content (AvgIpc) is 3.11. The molecule has 10 heteroatoms. The summed E-state index contributed by atoms with van der Waals surface area (Å²) in [6.07, 6.45) is 3.71. The highest BCUT2D eigenvalue weighted by atomic mass is 127. The third kappa shape index (κ3) is 6.96. The van der Waals surface area contributed by atoms with E-state index in [-0.39, 0.29) is 48.5 Å². The normalized spacial score (nSPS) is 18.3. The van der Waals surface area contributed by atoms with E-state index in [1.807, 2.05) is 12.1 Å². The van der Waals surface area contributed by atoms with Crippen molar-refractivity contribution in [3.8, 4) is 5.75 Å². The fraction of sp³-hybridized carbons (Fsp3) is 0.571. The first kappa shape index (κ1) is 25.2. The van der Waals surface area contributed by atoms with Gasteiger partial charge < -0.3 is 20.7 Å². The van der Waals surface area contributed by atoms with Crippen LogP contribution in [0.3, 0.4) is 0 Å². The van der Waals surface area contributed by atoms with E-state index in [0.29, 0.717) is 25.6 Å². The molecule has 31 heavy (non-hydrogen) atoms. The summed E-state index contributed by atoms with van der Waals surface area (Å²) in [5.41, 5.74) is 1.24. The molecule has 0 radical (unpaired) electrons. The lowest BCUT2D eigenvalue weighted by molar-refractivity contribution is -0.124. The molecule has 0 aliphatic carbocycles. The number of benzene rings is 1. The molecule has 0 spiro atoms. The van der Waals surface area contributed by atoms with Crippen molar-refractivity contribution >= 4 is 41.9 Å². The van der Waals surface area contributed by atoms with Crippen molar-refractivity contribution in [3.05, 3.63) is 29.8 Å². The summed E-state index contributed by atoms with van der Waals surface area (Å²) in [6, 6.07) is 8.12. The Morgan fingerprint density at radius 1 is 1.16 bits per heavy atom. The van der Waals surface area contributed by atoms with Crippen molar-refractivity contribution in [3.63, 3.8) is 0 Å². The van der Waals surface area contributed by atoms with Gasteiger partial charge in [0.25, 0.3) is 0 Å². The molecule has 2 aliphatic heterocycles. The minimum absolute atomic E-state index is 0. The van der Waals surface area contributed by atoms with Gasteiger partial charge in [-0.1, -0.05) is 18.6 Å². The Morgan fingerprint density at radius 2 is 1.87 bits per heavy atom. The van der Waals surface area contributed by atoms with Gasteiger partial charge in [0.2, 0.25) is 5.91 Å². The molecule has 172 valence electrons. The predicted molar refractivity (Wildman–Crippen MR) is 131 cm³/mol. The highest BCUT2D eigenvalue weighted by Gasteiger charge is 2.28. The quantitative estimate of drug-likeness (QED) is 0.199. The van der Waals surface area contributed by atoms with E-state index in [2.05, 4.69) is 38.0 Å². The van der Waals surface area contributed by atoms with E-state index in [9.17, 15) is 9.59 Å². The van der Waals surface area contributed by atoms with Crippen molar-refractivity contribution in [1.82, 2.24) is 25.8 Å². The number of imide groups is 1. The number of halogens is 1. The van der Waals surface area contributed by atoms with Gasteiger partial charge in [-0.25, -0.2) is 4.79 Å². The number of carbonyl (C=O) groups is 2. The lowest BCUT2D eigenvalue weighted by atomic mass is 10.0. The molecule has 1 aromatic carbocycles. The lowest BCUT2D eigenvalue weighted by Gasteiger charge is -2.35. The minimum atomic E-state index is -0.339. The fourth-order valence-corrected chi connectivity index (χ4v) is 3.90. The van der Waals surface area contributed by atoms with Gasteiger partial charge in [-0.15, -0.1) is 24.0 Å². The second-order valence-electron chi connectivity index (χ2n) is 7.47. The molecule has 2 aliphatic rings. The Balaban J connectivity index is 0.00000341. The van der Waals surface area contributed by atoms with Crippen LogP contribution >= 0.6 is 24.0 Å². The highest BCUT2D eigenvalue weighted by Crippen LogP contribution is 2.25. The first-order chi connectivity index (χ1) is 14.6. The van der Waals surface area contributed by atoms with E-state index in [1.54, 1.807) is 14.2 Å². The van der Waals surface area contributed by atoms with Crippen molar-refractivity contribution in [2.75, 3.05) is 53.4 Å². The second kappa shape index (κ2) is 12.7. The maximum Gasteiger partial charge on any atom is 0.324 e. The molecule has 2 fully saturated rings. The van der Waals surface area contributed by atoms with Crippen LogP contribution in [-0.4, -0.2) is 81.1 Å². The van der Waals surface area contributed by atoms with Crippen LogP contribution in [-0.2, 0) is 4.79 Å². The Hall–Kier alpha value is -2.08. The maximum absolute atomic E-state index is 11.7. The van der Waals surface area contributed by atoms with Crippen LogP contribution in [0.1, 0.15) is 30.9 Å². The molecule has 2 saturated heterocycles. The predicted octanol–water partition coefficient (Wildman–Crippen LogP) is 1.56. The van der Waals surface area contributed by atoms with Crippen LogP contribution in [0.2, 0.25) is 0 Å². The molecule has 0 bridgehead atoms. The van der Waals surface area contributed by atoms with Gasteiger partial charge >= 0.3 is 6.03 Å². The highest BCUT2D eigenvalue weighted by molar-refractivity contribution is 14.0. The molecule has 0 aromatic heterocycles. The summed E-state index contributed by atoms with van der Waals surface area (Å²) >= 11 is 0. The maximum atomic E-state index is 11.7. The third-order valence-corrected chi connectivity index (χ3v) is 5.58. The largest absolute Gasteiger partial charge is 0.497 e. The van der Waals surface area contributed by atoms with E-state index in [4.69, 9.17) is 4.74 Å². The van der Waals surface area contributed by atoms with Gasteiger partial charge in [-0.3, -0.25) is 19.6 Å². The van der Waals surface area contributed by atoms with Crippen molar-refractivity contribution in [2.45, 2.75) is 25.3 Å². The molecule has 1 aromatic rings. The number of amides is 3. The SMILES string of the molecule is CN=C(NCCN1C(=O)CNC1=O)NCC(c1ccc(OC)cc1)N1CCCCC1.I. The van der Waals surface area contributed by atoms with Crippen LogP contribution < -0.4 is 20.7 Å². The molecule has 1 unspecified atom stereocenters. The number of nitrogens with zero attached hydrogens (tertiary/aromatic N) is 3. The van der Waals surface area contributed by atoms with E-state index in [1.165, 1.54) is 29.7 Å². The summed E-state index contributed by atoms with van der Waals surface area (Å²) in [5.74, 6) is 1.30. The second-order valence-corrected chi connectivity index (χ2v) is 7.47. The molecular formula is C21H33IN6O3. The molecule has 2 heterocycles. The lowest BCUT2D eigenvalue weighted by Crippen LogP contribution is -2.46. The zero-order valence-electron chi connectivity index (χ0n) is 18.2. The summed E-state index contributed by atoms with van der Waals surface area (Å²) in [7, 11) is 3.39. The number of rotatable bonds is 8. The zero-order chi connectivity index (χ0) is 21.3. The Kier molecular flexibility index (Phi) is 10.3. The van der Waals surface area contributed by atoms with E-state index in [0.717, 1.165) is 18.8 Å².